The number of aliphatic hydroxyl groups is 2. The van der Waals surface area contributed by atoms with E-state index in [1.807, 2.05) is 0 Å². The van der Waals surface area contributed by atoms with Gasteiger partial charge in [-0.05, 0) is 25.7 Å². The van der Waals surface area contributed by atoms with Gasteiger partial charge in [-0.25, -0.2) is 4.79 Å². The Bertz CT molecular complexity index is 610. The number of aliphatic carboxylic acids is 1. The molecule has 0 bridgehead atoms. The van der Waals surface area contributed by atoms with E-state index in [4.69, 9.17) is 5.73 Å². The zero-order chi connectivity index (χ0) is 23.8. The number of aliphatic hydroxyl groups excluding tert-OH is 2. The minimum atomic E-state index is -1.44. The van der Waals surface area contributed by atoms with Crippen molar-refractivity contribution in [3.63, 3.8) is 0 Å². The van der Waals surface area contributed by atoms with Gasteiger partial charge in [-0.2, -0.15) is 0 Å². The number of carbonyl (C=O) groups is 4. The fourth-order valence-electron chi connectivity index (χ4n) is 2.58. The quantitative estimate of drug-likeness (QED) is 0.190. The molecule has 0 radical (unpaired) electrons. The van der Waals surface area contributed by atoms with Gasteiger partial charge in [0.25, 0.3) is 0 Å². The molecule has 0 aliphatic carbocycles. The molecule has 7 unspecified atom stereocenters. The van der Waals surface area contributed by atoms with Crippen LogP contribution in [0, 0.1) is 11.8 Å². The number of amides is 3. The van der Waals surface area contributed by atoms with Gasteiger partial charge in [-0.1, -0.05) is 34.1 Å². The summed E-state index contributed by atoms with van der Waals surface area (Å²) in [4.78, 5) is 48.9. The zero-order valence-corrected chi connectivity index (χ0v) is 18.4. The van der Waals surface area contributed by atoms with E-state index < -0.39 is 66.0 Å². The van der Waals surface area contributed by atoms with Crippen LogP contribution in [0.5, 0.6) is 0 Å². The Morgan fingerprint density at radius 1 is 0.767 bits per heavy atom. The van der Waals surface area contributed by atoms with E-state index >= 15 is 0 Å². The Kier molecular flexibility index (Phi) is 11.5. The maximum Gasteiger partial charge on any atom is 0.326 e. The van der Waals surface area contributed by atoms with E-state index in [1.165, 1.54) is 13.8 Å². The van der Waals surface area contributed by atoms with Gasteiger partial charge in [0.05, 0.1) is 12.2 Å². The van der Waals surface area contributed by atoms with Gasteiger partial charge in [0, 0.05) is 0 Å². The number of carboxylic acids is 1. The first-order valence-corrected chi connectivity index (χ1v) is 10.00. The summed E-state index contributed by atoms with van der Waals surface area (Å²) in [7, 11) is 0. The first kappa shape index (κ1) is 27.8. The van der Waals surface area contributed by atoms with Crippen molar-refractivity contribution < 1.29 is 34.5 Å². The van der Waals surface area contributed by atoms with E-state index in [0.717, 1.165) is 0 Å². The highest BCUT2D eigenvalue weighted by molar-refractivity contribution is 5.94. The Morgan fingerprint density at radius 3 is 1.57 bits per heavy atom. The molecule has 7 atom stereocenters. The molecule has 0 rings (SSSR count). The molecule has 0 aliphatic rings. The van der Waals surface area contributed by atoms with E-state index in [9.17, 15) is 34.5 Å². The van der Waals surface area contributed by atoms with E-state index in [0.29, 0.717) is 6.42 Å². The minimum absolute atomic E-state index is 0.352. The van der Waals surface area contributed by atoms with Crippen molar-refractivity contribution in [2.75, 3.05) is 0 Å². The molecule has 0 heterocycles. The number of rotatable bonds is 12. The standard InChI is InChI=1S/C19H36N4O7/c1-7-9(4)14(22-16(26)12(20)10(5)24)17(27)23-15(11(6)25)18(28)21-13(8(2)3)19(29)30/h8-15,24-25H,7,20H2,1-6H3,(H,21,28)(H,22,26)(H,23,27)(H,29,30). The molecule has 11 heteroatoms. The van der Waals surface area contributed by atoms with Crippen molar-refractivity contribution in [1.82, 2.24) is 16.0 Å². The molecule has 0 saturated carbocycles. The molecular formula is C19H36N4O7. The summed E-state index contributed by atoms with van der Waals surface area (Å²) in [6.07, 6.45) is -1.96. The number of hydrogen-bond acceptors (Lipinski definition) is 7. The van der Waals surface area contributed by atoms with Gasteiger partial charge in [-0.15, -0.1) is 0 Å². The van der Waals surface area contributed by atoms with Crippen LogP contribution >= 0.6 is 0 Å². The summed E-state index contributed by atoms with van der Waals surface area (Å²) in [5.41, 5.74) is 5.61. The van der Waals surface area contributed by atoms with Crippen LogP contribution < -0.4 is 21.7 Å². The van der Waals surface area contributed by atoms with Gasteiger partial charge in [0.2, 0.25) is 17.7 Å². The lowest BCUT2D eigenvalue weighted by Crippen LogP contribution is -2.61. The van der Waals surface area contributed by atoms with Gasteiger partial charge < -0.3 is 37.0 Å². The van der Waals surface area contributed by atoms with Crippen LogP contribution in [0.25, 0.3) is 0 Å². The topological polar surface area (TPSA) is 191 Å². The number of nitrogens with two attached hydrogens (primary N) is 1. The second-order valence-corrected chi connectivity index (χ2v) is 7.93. The van der Waals surface area contributed by atoms with Gasteiger partial charge in [-0.3, -0.25) is 14.4 Å². The average Bonchev–Trinajstić information content (AvgIpc) is 2.65. The normalized spacial score (nSPS) is 18.3. The monoisotopic (exact) mass is 432 g/mol. The Balaban J connectivity index is 5.49. The van der Waals surface area contributed by atoms with Crippen LogP contribution in [0.15, 0.2) is 0 Å². The highest BCUT2D eigenvalue weighted by Crippen LogP contribution is 2.10. The largest absolute Gasteiger partial charge is 0.480 e. The molecule has 0 fully saturated rings. The maximum absolute atomic E-state index is 12.8. The highest BCUT2D eigenvalue weighted by Gasteiger charge is 2.35. The van der Waals surface area contributed by atoms with E-state index in [-0.39, 0.29) is 5.92 Å². The predicted octanol–water partition coefficient (Wildman–Crippen LogP) is -1.68. The average molecular weight is 433 g/mol. The van der Waals surface area contributed by atoms with Crippen molar-refractivity contribution in [2.24, 2.45) is 17.6 Å². The van der Waals surface area contributed by atoms with Crippen LogP contribution in [0.3, 0.4) is 0 Å². The van der Waals surface area contributed by atoms with Crippen molar-refractivity contribution in [3.8, 4) is 0 Å². The van der Waals surface area contributed by atoms with Crippen LogP contribution in [-0.2, 0) is 19.2 Å². The van der Waals surface area contributed by atoms with E-state index in [2.05, 4.69) is 16.0 Å². The smallest absolute Gasteiger partial charge is 0.326 e. The molecule has 0 aromatic carbocycles. The van der Waals surface area contributed by atoms with Crippen LogP contribution in [0.1, 0.15) is 48.0 Å². The summed E-state index contributed by atoms with van der Waals surface area (Å²) in [5.74, 6) is -4.37. The summed E-state index contributed by atoms with van der Waals surface area (Å²) in [5, 5.41) is 35.8. The van der Waals surface area contributed by atoms with E-state index in [1.54, 1.807) is 27.7 Å². The molecule has 30 heavy (non-hydrogen) atoms. The van der Waals surface area contributed by atoms with Crippen molar-refractivity contribution in [2.45, 2.75) is 84.3 Å². The molecule has 0 aromatic heterocycles. The molecular weight excluding hydrogens is 396 g/mol. The van der Waals surface area contributed by atoms with Gasteiger partial charge in [0.1, 0.15) is 24.2 Å². The first-order chi connectivity index (χ1) is 13.7. The summed E-state index contributed by atoms with van der Waals surface area (Å²) < 4.78 is 0. The van der Waals surface area contributed by atoms with Crippen LogP contribution in [-0.4, -0.2) is 75.4 Å². The minimum Gasteiger partial charge on any atom is -0.480 e. The first-order valence-electron chi connectivity index (χ1n) is 10.00. The molecule has 0 spiro atoms. The van der Waals surface area contributed by atoms with Crippen molar-refractivity contribution >= 4 is 23.7 Å². The Morgan fingerprint density at radius 2 is 1.20 bits per heavy atom. The third-order valence-electron chi connectivity index (χ3n) is 4.91. The number of nitrogens with one attached hydrogen (secondary N) is 3. The van der Waals surface area contributed by atoms with Crippen LogP contribution in [0.2, 0.25) is 0 Å². The summed E-state index contributed by atoms with van der Waals surface area (Å²) >= 11 is 0. The van der Waals surface area contributed by atoms with Crippen molar-refractivity contribution in [3.05, 3.63) is 0 Å². The summed E-state index contributed by atoms with van der Waals surface area (Å²) in [6, 6.07) is -4.97. The molecule has 8 N–H and O–H groups in total. The molecule has 3 amide bonds. The molecule has 174 valence electrons. The van der Waals surface area contributed by atoms with Crippen LogP contribution in [0.4, 0.5) is 0 Å². The maximum atomic E-state index is 12.8. The lowest BCUT2D eigenvalue weighted by molar-refractivity contribution is -0.144. The fourth-order valence-corrected chi connectivity index (χ4v) is 2.58. The van der Waals surface area contributed by atoms with Gasteiger partial charge >= 0.3 is 5.97 Å². The third kappa shape index (κ3) is 8.25. The predicted molar refractivity (Wildman–Crippen MR) is 109 cm³/mol. The lowest BCUT2D eigenvalue weighted by Gasteiger charge is -2.29. The number of hydrogen-bond donors (Lipinski definition) is 7. The number of carbonyl (C=O) groups excluding carboxylic acids is 3. The fraction of sp³-hybridized carbons (Fsp3) is 0.789. The summed E-state index contributed by atoms with van der Waals surface area (Å²) in [6.45, 7) is 9.32. The second kappa shape index (κ2) is 12.5. The molecule has 0 aliphatic heterocycles. The third-order valence-corrected chi connectivity index (χ3v) is 4.91. The lowest BCUT2D eigenvalue weighted by atomic mass is 9.96. The molecule has 11 nitrogen and oxygen atoms in total. The zero-order valence-electron chi connectivity index (χ0n) is 18.4. The van der Waals surface area contributed by atoms with Crippen molar-refractivity contribution in [1.29, 1.82) is 0 Å². The highest BCUT2D eigenvalue weighted by atomic mass is 16.4. The second-order valence-electron chi connectivity index (χ2n) is 7.93. The van der Waals surface area contributed by atoms with Gasteiger partial charge in [0.15, 0.2) is 0 Å². The Hall–Kier alpha value is -2.24. The Labute approximate surface area is 176 Å². The number of carboxylic acid groups (broad SMARTS) is 1. The SMILES string of the molecule is CCC(C)C(NC(=O)C(N)C(C)O)C(=O)NC(C(=O)NC(C(=O)O)C(C)C)C(C)O. The molecule has 0 saturated heterocycles. The molecule has 0 aromatic rings.